The van der Waals surface area contributed by atoms with Gasteiger partial charge < -0.3 is 14.4 Å². The van der Waals surface area contributed by atoms with Gasteiger partial charge in [-0.15, -0.1) is 0 Å². The monoisotopic (exact) mass is 575 g/mol. The molecule has 7 rings (SSSR count). The Hall–Kier alpha value is -4.68. The number of carbonyl (C=O) groups is 3. The highest BCUT2D eigenvalue weighted by molar-refractivity contribution is 6.33. The predicted octanol–water partition coefficient (Wildman–Crippen LogP) is 6.67. The number of ketones is 3. The van der Waals surface area contributed by atoms with Crippen molar-refractivity contribution in [2.45, 2.75) is 18.0 Å². The molecule has 7 heteroatoms. The number of anilines is 1. The van der Waals surface area contributed by atoms with Gasteiger partial charge in [0.1, 0.15) is 11.5 Å². The van der Waals surface area contributed by atoms with Crippen LogP contribution in [0.2, 0.25) is 5.02 Å². The van der Waals surface area contributed by atoms with Crippen LogP contribution in [-0.2, 0) is 0 Å². The molecule has 1 fully saturated rings. The summed E-state index contributed by atoms with van der Waals surface area (Å²) >= 11 is 6.38. The average molecular weight is 576 g/mol. The Kier molecular flexibility index (Phi) is 6.06. The molecule has 0 radical (unpaired) electrons. The lowest BCUT2D eigenvalue weighted by atomic mass is 9.64. The third-order valence-electron chi connectivity index (χ3n) is 8.86. The van der Waals surface area contributed by atoms with Crippen molar-refractivity contribution in [3.05, 3.63) is 130 Å². The zero-order valence-corrected chi connectivity index (χ0v) is 23.7. The van der Waals surface area contributed by atoms with Gasteiger partial charge in [-0.3, -0.25) is 14.4 Å². The Morgan fingerprint density at radius 2 is 1.52 bits per heavy atom. The van der Waals surface area contributed by atoms with Crippen LogP contribution in [0.4, 0.5) is 5.69 Å². The number of Topliss-reactive ketones (excluding diaryl/α,β-unsaturated/α-hetero) is 3. The molecule has 2 aliphatic heterocycles. The van der Waals surface area contributed by atoms with E-state index in [0.29, 0.717) is 38.8 Å². The third-order valence-corrected chi connectivity index (χ3v) is 9.10. The second kappa shape index (κ2) is 9.71. The molecule has 1 aliphatic carbocycles. The number of carbonyl (C=O) groups excluding carboxylic acids is 3. The smallest absolute Gasteiger partial charge is 0.185 e. The highest BCUT2D eigenvalue weighted by Crippen LogP contribution is 2.62. The maximum Gasteiger partial charge on any atom is 0.185 e. The first kappa shape index (κ1) is 26.2. The van der Waals surface area contributed by atoms with Gasteiger partial charge in [0.15, 0.2) is 28.8 Å². The standard InChI is InChI=1S/C35H26ClNO5/c1-41-27-14-8-13-25(32(27)42-2)29-30(31(38)20-9-4-3-5-10-20)37-26-17-16-22(36)19-21(26)15-18-28(37)35(29)33(39)23-11-6-7-12-24(23)34(35)40/h3-19,28-30H,1-2H3/t28-,29-,30+/m1/s1. The van der Waals surface area contributed by atoms with Gasteiger partial charge in [-0.05, 0) is 29.8 Å². The number of ether oxygens (including phenoxy) is 2. The van der Waals surface area contributed by atoms with Crippen molar-refractivity contribution in [1.29, 1.82) is 0 Å². The summed E-state index contributed by atoms with van der Waals surface area (Å²) in [6, 6.07) is 25.0. The van der Waals surface area contributed by atoms with Crippen LogP contribution in [0, 0.1) is 5.41 Å². The number of nitrogens with zero attached hydrogens (tertiary/aromatic N) is 1. The molecule has 3 aliphatic rings. The zero-order chi connectivity index (χ0) is 29.2. The van der Waals surface area contributed by atoms with Gasteiger partial charge in [-0.1, -0.05) is 90.5 Å². The molecule has 4 aromatic carbocycles. The fourth-order valence-corrected chi connectivity index (χ4v) is 7.40. The molecule has 1 spiro atoms. The number of halogens is 1. The summed E-state index contributed by atoms with van der Waals surface area (Å²) in [7, 11) is 3.06. The second-order valence-corrected chi connectivity index (χ2v) is 11.2. The van der Waals surface area contributed by atoms with Gasteiger partial charge in [0.25, 0.3) is 0 Å². The first-order valence-corrected chi connectivity index (χ1v) is 14.1. The van der Waals surface area contributed by atoms with Gasteiger partial charge >= 0.3 is 0 Å². The fraction of sp³-hybridized carbons (Fsp3) is 0.171. The lowest BCUT2D eigenvalue weighted by molar-refractivity contribution is 0.0664. The summed E-state index contributed by atoms with van der Waals surface area (Å²) in [6.45, 7) is 0. The van der Waals surface area contributed by atoms with Gasteiger partial charge in [0.2, 0.25) is 0 Å². The highest BCUT2D eigenvalue weighted by Gasteiger charge is 2.72. The van der Waals surface area contributed by atoms with Crippen LogP contribution in [0.3, 0.4) is 0 Å². The molecule has 0 aromatic heterocycles. The molecular formula is C35H26ClNO5. The average Bonchev–Trinajstić information content (AvgIpc) is 3.46. The highest BCUT2D eigenvalue weighted by atomic mass is 35.5. The molecule has 208 valence electrons. The van der Waals surface area contributed by atoms with Crippen LogP contribution in [0.15, 0.2) is 97.1 Å². The number of rotatable bonds is 5. The normalized spacial score (nSPS) is 21.2. The molecule has 0 bridgehead atoms. The second-order valence-electron chi connectivity index (χ2n) is 10.7. The first-order valence-electron chi connectivity index (χ1n) is 13.7. The van der Waals surface area contributed by atoms with Gasteiger partial charge in [0.05, 0.1) is 20.3 Å². The summed E-state index contributed by atoms with van der Waals surface area (Å²) in [4.78, 5) is 46.3. The first-order chi connectivity index (χ1) is 20.4. The number of benzene rings is 4. The van der Waals surface area contributed by atoms with Gasteiger partial charge in [0, 0.05) is 38.9 Å². The molecule has 0 N–H and O–H groups in total. The van der Waals surface area contributed by atoms with Gasteiger partial charge in [-0.2, -0.15) is 0 Å². The largest absolute Gasteiger partial charge is 0.493 e. The van der Waals surface area contributed by atoms with Crippen LogP contribution >= 0.6 is 11.6 Å². The number of para-hydroxylation sites is 1. The number of hydrogen-bond acceptors (Lipinski definition) is 6. The lowest BCUT2D eigenvalue weighted by Gasteiger charge is -2.37. The van der Waals surface area contributed by atoms with Crippen molar-refractivity contribution in [1.82, 2.24) is 0 Å². The molecule has 2 heterocycles. The SMILES string of the molecule is COc1cccc([C@@H]2[C@@H](C(=O)c3ccccc3)N3c4ccc(Cl)cc4C=C[C@@H]3C23C(=O)c2ccccc2C3=O)c1OC. The van der Waals surface area contributed by atoms with Crippen LogP contribution in [0.1, 0.15) is 48.1 Å². The van der Waals surface area contributed by atoms with E-state index in [1.807, 2.05) is 53.5 Å². The molecule has 0 saturated carbocycles. The number of methoxy groups -OCH3 is 2. The summed E-state index contributed by atoms with van der Waals surface area (Å²) in [5.41, 5.74) is 1.63. The third kappa shape index (κ3) is 3.42. The Morgan fingerprint density at radius 1 is 0.833 bits per heavy atom. The summed E-state index contributed by atoms with van der Waals surface area (Å²) in [5.74, 6) is -0.915. The van der Waals surface area contributed by atoms with E-state index >= 15 is 0 Å². The quantitative estimate of drug-likeness (QED) is 0.195. The van der Waals surface area contributed by atoms with Crippen LogP contribution in [0.5, 0.6) is 11.5 Å². The van der Waals surface area contributed by atoms with Crippen molar-refractivity contribution >= 4 is 40.7 Å². The van der Waals surface area contributed by atoms with Gasteiger partial charge in [-0.25, -0.2) is 0 Å². The Balaban J connectivity index is 1.59. The molecule has 42 heavy (non-hydrogen) atoms. The minimum absolute atomic E-state index is 0.208. The van der Waals surface area contributed by atoms with E-state index < -0.39 is 23.4 Å². The summed E-state index contributed by atoms with van der Waals surface area (Å²) < 4.78 is 11.5. The molecule has 1 saturated heterocycles. The Morgan fingerprint density at radius 3 is 2.19 bits per heavy atom. The van der Waals surface area contributed by atoms with Crippen LogP contribution in [-0.4, -0.2) is 43.7 Å². The van der Waals surface area contributed by atoms with E-state index in [0.717, 1.165) is 11.3 Å². The van der Waals surface area contributed by atoms with Crippen molar-refractivity contribution < 1.29 is 23.9 Å². The minimum atomic E-state index is -1.65. The molecule has 3 atom stereocenters. The summed E-state index contributed by atoms with van der Waals surface area (Å²) in [6.07, 6.45) is 3.77. The van der Waals surface area contributed by atoms with Crippen LogP contribution < -0.4 is 14.4 Å². The van der Waals surface area contributed by atoms with Crippen molar-refractivity contribution in [3.63, 3.8) is 0 Å². The van der Waals surface area contributed by atoms with E-state index in [1.54, 1.807) is 54.6 Å². The van der Waals surface area contributed by atoms with E-state index in [9.17, 15) is 14.4 Å². The number of hydrogen-bond donors (Lipinski definition) is 0. The van der Waals surface area contributed by atoms with Crippen molar-refractivity contribution in [2.24, 2.45) is 5.41 Å². The number of fused-ring (bicyclic) bond motifs is 5. The molecule has 0 amide bonds. The molecule has 6 nitrogen and oxygen atoms in total. The molecule has 0 unspecified atom stereocenters. The van der Waals surface area contributed by atoms with E-state index in [4.69, 9.17) is 21.1 Å². The Labute approximate surface area is 248 Å². The van der Waals surface area contributed by atoms with Crippen molar-refractivity contribution in [3.8, 4) is 11.5 Å². The van der Waals surface area contributed by atoms with E-state index in [1.165, 1.54) is 14.2 Å². The topological polar surface area (TPSA) is 72.9 Å². The summed E-state index contributed by atoms with van der Waals surface area (Å²) in [5, 5.41) is 0.545. The fourth-order valence-electron chi connectivity index (χ4n) is 7.22. The maximum atomic E-state index is 14.8. The predicted molar refractivity (Wildman–Crippen MR) is 161 cm³/mol. The maximum absolute atomic E-state index is 14.8. The van der Waals surface area contributed by atoms with E-state index in [2.05, 4.69) is 0 Å². The Bertz CT molecular complexity index is 1780. The zero-order valence-electron chi connectivity index (χ0n) is 22.9. The minimum Gasteiger partial charge on any atom is -0.493 e. The van der Waals surface area contributed by atoms with Crippen molar-refractivity contribution in [2.75, 3.05) is 19.1 Å². The molecule has 4 aromatic rings. The van der Waals surface area contributed by atoms with Crippen LogP contribution in [0.25, 0.3) is 6.08 Å². The van der Waals surface area contributed by atoms with E-state index in [-0.39, 0.29) is 17.3 Å². The molecular weight excluding hydrogens is 550 g/mol. The lowest BCUT2D eigenvalue weighted by Crippen LogP contribution is -2.48.